The summed E-state index contributed by atoms with van der Waals surface area (Å²) in [6, 6.07) is 0. The molecule has 2 unspecified atom stereocenters. The van der Waals surface area contributed by atoms with Crippen LogP contribution in [-0.2, 0) is 0 Å². The van der Waals surface area contributed by atoms with Crippen LogP contribution in [0, 0.1) is 0 Å². The van der Waals surface area contributed by atoms with E-state index in [1.807, 2.05) is 0 Å². The van der Waals surface area contributed by atoms with Gasteiger partial charge < -0.3 is 0 Å². The topological polar surface area (TPSA) is 0 Å². The molecule has 1 rings (SSSR count). The van der Waals surface area contributed by atoms with Crippen LogP contribution in [0.1, 0.15) is 0 Å². The van der Waals surface area contributed by atoms with E-state index in [0.717, 1.165) is 0 Å². The van der Waals surface area contributed by atoms with Crippen LogP contribution in [0.2, 0.25) is 0 Å². The lowest BCUT2D eigenvalue weighted by atomic mass is 10.2. The number of rotatable bonds is 0. The molecule has 0 fully saturated rings. The van der Waals surface area contributed by atoms with Crippen LogP contribution in [0.3, 0.4) is 0 Å². The van der Waals surface area contributed by atoms with Crippen LogP contribution in [0.25, 0.3) is 0 Å². The molecule has 0 saturated heterocycles. The van der Waals surface area contributed by atoms with E-state index in [4.69, 9.17) is 0 Å². The smallest absolute Gasteiger partial charge is 0.239 e. The minimum atomic E-state index is -3.60. The molecule has 0 aliphatic heterocycles. The molecular formula is C5H4F4. The molecule has 0 aromatic heterocycles. The highest BCUT2D eigenvalue weighted by Gasteiger charge is 2.46. The van der Waals surface area contributed by atoms with Crippen molar-refractivity contribution in [2.45, 2.75) is 18.3 Å². The fourth-order valence-corrected chi connectivity index (χ4v) is 0.622. The van der Waals surface area contributed by atoms with Crippen molar-refractivity contribution in [3.05, 3.63) is 12.2 Å². The van der Waals surface area contributed by atoms with Gasteiger partial charge in [0.05, 0.1) is 0 Å². The molecule has 2 atom stereocenters. The lowest BCUT2D eigenvalue weighted by molar-refractivity contribution is -0.0371. The van der Waals surface area contributed by atoms with Gasteiger partial charge in [0.25, 0.3) is 5.92 Å². The summed E-state index contributed by atoms with van der Waals surface area (Å²) in [5, 5.41) is 0. The van der Waals surface area contributed by atoms with Gasteiger partial charge in [-0.05, 0) is 12.2 Å². The standard InChI is InChI=1S/C5H4F4/c6-3-1-2-5(8,9)4(3)7/h1-4H. The van der Waals surface area contributed by atoms with Crippen LogP contribution < -0.4 is 0 Å². The van der Waals surface area contributed by atoms with E-state index in [-0.39, 0.29) is 6.08 Å². The van der Waals surface area contributed by atoms with Gasteiger partial charge in [-0.15, -0.1) is 0 Å². The Labute approximate surface area is 49.2 Å². The van der Waals surface area contributed by atoms with Gasteiger partial charge in [-0.25, -0.2) is 8.78 Å². The van der Waals surface area contributed by atoms with Gasteiger partial charge in [0, 0.05) is 0 Å². The molecule has 0 nitrogen and oxygen atoms in total. The summed E-state index contributed by atoms with van der Waals surface area (Å²) in [6.45, 7) is 0. The Morgan fingerprint density at radius 2 is 1.78 bits per heavy atom. The van der Waals surface area contributed by atoms with Gasteiger partial charge in [0.1, 0.15) is 0 Å². The molecular weight excluding hydrogens is 136 g/mol. The fraction of sp³-hybridized carbons (Fsp3) is 0.600. The lowest BCUT2D eigenvalue weighted by Crippen LogP contribution is -2.28. The van der Waals surface area contributed by atoms with Crippen LogP contribution in [-0.4, -0.2) is 18.3 Å². The van der Waals surface area contributed by atoms with Crippen molar-refractivity contribution in [2.75, 3.05) is 0 Å². The van der Waals surface area contributed by atoms with Gasteiger partial charge >= 0.3 is 0 Å². The maximum absolute atomic E-state index is 11.9. The number of halogens is 4. The summed E-state index contributed by atoms with van der Waals surface area (Å²) < 4.78 is 47.6. The highest BCUT2D eigenvalue weighted by molar-refractivity contribution is 5.14. The monoisotopic (exact) mass is 140 g/mol. The first-order valence-electron chi connectivity index (χ1n) is 2.39. The van der Waals surface area contributed by atoms with Crippen molar-refractivity contribution in [2.24, 2.45) is 0 Å². The minimum Gasteiger partial charge on any atom is -0.239 e. The molecule has 0 radical (unpaired) electrons. The second-order valence-electron chi connectivity index (χ2n) is 1.88. The molecule has 52 valence electrons. The van der Waals surface area contributed by atoms with E-state index < -0.39 is 18.3 Å². The van der Waals surface area contributed by atoms with Crippen molar-refractivity contribution in [3.63, 3.8) is 0 Å². The Balaban J connectivity index is 2.74. The van der Waals surface area contributed by atoms with Crippen molar-refractivity contribution >= 4 is 0 Å². The molecule has 0 amide bonds. The lowest BCUT2D eigenvalue weighted by Gasteiger charge is -2.10. The average molecular weight is 140 g/mol. The highest BCUT2D eigenvalue weighted by atomic mass is 19.3. The van der Waals surface area contributed by atoms with E-state index >= 15 is 0 Å². The molecule has 0 spiro atoms. The SMILES string of the molecule is FC1C=CC(F)(F)C1F. The maximum Gasteiger partial charge on any atom is 0.300 e. The third-order valence-corrected chi connectivity index (χ3v) is 1.15. The maximum atomic E-state index is 11.9. The first-order chi connectivity index (χ1) is 4.04. The van der Waals surface area contributed by atoms with Crippen LogP contribution in [0.4, 0.5) is 17.6 Å². The zero-order chi connectivity index (χ0) is 7.07. The van der Waals surface area contributed by atoms with Crippen LogP contribution in [0.5, 0.6) is 0 Å². The molecule has 0 bridgehead atoms. The van der Waals surface area contributed by atoms with Gasteiger partial charge in [-0.2, -0.15) is 8.78 Å². The van der Waals surface area contributed by atoms with E-state index in [0.29, 0.717) is 6.08 Å². The number of hydrogen-bond acceptors (Lipinski definition) is 0. The van der Waals surface area contributed by atoms with Gasteiger partial charge in [0.2, 0.25) is 6.17 Å². The Morgan fingerprint density at radius 3 is 1.89 bits per heavy atom. The van der Waals surface area contributed by atoms with Crippen molar-refractivity contribution < 1.29 is 17.6 Å². The third kappa shape index (κ3) is 0.930. The summed E-state index contributed by atoms with van der Waals surface area (Å²) in [6.07, 6.45) is -4.04. The number of hydrogen-bond donors (Lipinski definition) is 0. The average Bonchev–Trinajstić information content (AvgIpc) is 1.97. The third-order valence-electron chi connectivity index (χ3n) is 1.15. The number of alkyl halides is 4. The van der Waals surface area contributed by atoms with Crippen molar-refractivity contribution in [1.29, 1.82) is 0 Å². The van der Waals surface area contributed by atoms with Crippen molar-refractivity contribution in [3.8, 4) is 0 Å². The highest BCUT2D eigenvalue weighted by Crippen LogP contribution is 2.33. The first kappa shape index (κ1) is 6.58. The molecule has 4 heteroatoms. The largest absolute Gasteiger partial charge is 0.300 e. The van der Waals surface area contributed by atoms with E-state index in [1.165, 1.54) is 0 Å². The Kier molecular flexibility index (Phi) is 1.26. The molecule has 0 aromatic carbocycles. The van der Waals surface area contributed by atoms with E-state index in [2.05, 4.69) is 0 Å². The summed E-state index contributed by atoms with van der Waals surface area (Å²) in [5.74, 6) is -3.60. The first-order valence-corrected chi connectivity index (χ1v) is 2.39. The fourth-order valence-electron chi connectivity index (χ4n) is 0.622. The molecule has 9 heavy (non-hydrogen) atoms. The predicted octanol–water partition coefficient (Wildman–Crippen LogP) is 1.87. The Hall–Kier alpha value is -0.540. The molecule has 0 saturated carbocycles. The Bertz CT molecular complexity index is 140. The molecule has 1 aliphatic rings. The van der Waals surface area contributed by atoms with Crippen molar-refractivity contribution in [1.82, 2.24) is 0 Å². The van der Waals surface area contributed by atoms with Crippen LogP contribution >= 0.6 is 0 Å². The molecule has 0 heterocycles. The van der Waals surface area contributed by atoms with Gasteiger partial charge in [-0.3, -0.25) is 0 Å². The summed E-state index contributed by atoms with van der Waals surface area (Å²) in [7, 11) is 0. The zero-order valence-corrected chi connectivity index (χ0v) is 4.32. The van der Waals surface area contributed by atoms with Crippen LogP contribution in [0.15, 0.2) is 12.2 Å². The second-order valence-corrected chi connectivity index (χ2v) is 1.88. The molecule has 0 aromatic rings. The predicted molar refractivity (Wildman–Crippen MR) is 23.9 cm³/mol. The number of allylic oxidation sites excluding steroid dienone is 2. The normalized spacial score (nSPS) is 39.6. The minimum absolute atomic E-state index is 0.252. The zero-order valence-electron chi connectivity index (χ0n) is 4.32. The molecule has 0 N–H and O–H groups in total. The van der Waals surface area contributed by atoms with Gasteiger partial charge in [-0.1, -0.05) is 0 Å². The summed E-state index contributed by atoms with van der Waals surface area (Å²) >= 11 is 0. The quantitative estimate of drug-likeness (QED) is 0.356. The van der Waals surface area contributed by atoms with Gasteiger partial charge in [0.15, 0.2) is 6.17 Å². The Morgan fingerprint density at radius 1 is 1.22 bits per heavy atom. The van der Waals surface area contributed by atoms with E-state index in [1.54, 1.807) is 0 Å². The second kappa shape index (κ2) is 1.72. The molecule has 1 aliphatic carbocycles. The summed E-state index contributed by atoms with van der Waals surface area (Å²) in [4.78, 5) is 0. The summed E-state index contributed by atoms with van der Waals surface area (Å²) in [5.41, 5.74) is 0. The van der Waals surface area contributed by atoms with E-state index in [9.17, 15) is 17.6 Å².